The van der Waals surface area contributed by atoms with E-state index < -0.39 is 0 Å². The van der Waals surface area contributed by atoms with E-state index in [-0.39, 0.29) is 11.7 Å². The lowest BCUT2D eigenvalue weighted by atomic mass is 10.2. The molecule has 0 aliphatic rings. The van der Waals surface area contributed by atoms with Crippen LogP contribution in [-0.4, -0.2) is 18.0 Å². The minimum Gasteiger partial charge on any atom is -0.497 e. The van der Waals surface area contributed by atoms with E-state index in [0.29, 0.717) is 27.7 Å². The topological polar surface area (TPSA) is 51.2 Å². The summed E-state index contributed by atoms with van der Waals surface area (Å²) in [4.78, 5) is 16.4. The summed E-state index contributed by atoms with van der Waals surface area (Å²) in [6.07, 6.45) is 0. The second-order valence-electron chi connectivity index (χ2n) is 4.70. The number of carbonyl (C=O) groups is 1. The van der Waals surface area contributed by atoms with Crippen LogP contribution in [0.3, 0.4) is 0 Å². The van der Waals surface area contributed by atoms with E-state index in [1.807, 2.05) is 0 Å². The van der Waals surface area contributed by atoms with Crippen LogP contribution in [0.1, 0.15) is 10.4 Å². The summed E-state index contributed by atoms with van der Waals surface area (Å²) >= 11 is 1.25. The fourth-order valence-electron chi connectivity index (χ4n) is 2.04. The predicted molar refractivity (Wildman–Crippen MR) is 88.5 cm³/mol. The van der Waals surface area contributed by atoms with Crippen molar-refractivity contribution in [2.24, 2.45) is 0 Å². The Balaban J connectivity index is 1.76. The molecule has 0 bridgehead atoms. The number of methoxy groups -OCH3 is 1. The number of ether oxygens (including phenoxy) is 1. The van der Waals surface area contributed by atoms with Gasteiger partial charge in [-0.2, -0.15) is 0 Å². The molecule has 0 fully saturated rings. The molecule has 23 heavy (non-hydrogen) atoms. The molecule has 3 aromatic rings. The molecular weight excluding hydrogens is 315 g/mol. The highest BCUT2D eigenvalue weighted by atomic mass is 32.1. The lowest BCUT2D eigenvalue weighted by molar-refractivity contribution is 0.102. The zero-order valence-electron chi connectivity index (χ0n) is 12.2. The normalized spacial score (nSPS) is 10.3. The molecule has 0 spiro atoms. The third kappa shape index (κ3) is 3.37. The number of halogens is 1. The van der Waals surface area contributed by atoms with Crippen molar-refractivity contribution < 1.29 is 13.9 Å². The number of anilines is 1. The first-order chi connectivity index (χ1) is 11.2. The maximum atomic E-state index is 13.7. The lowest BCUT2D eigenvalue weighted by Gasteiger charge is -2.03. The average Bonchev–Trinajstić information content (AvgIpc) is 3.03. The fourth-order valence-corrected chi connectivity index (χ4v) is 2.74. The molecule has 0 unspecified atom stereocenters. The number of amides is 1. The van der Waals surface area contributed by atoms with Crippen LogP contribution in [0, 0.1) is 5.82 Å². The Bertz CT molecular complexity index is 831. The highest BCUT2D eigenvalue weighted by Crippen LogP contribution is 2.27. The van der Waals surface area contributed by atoms with Gasteiger partial charge in [-0.3, -0.25) is 10.1 Å². The molecule has 6 heteroatoms. The zero-order valence-corrected chi connectivity index (χ0v) is 13.1. The minimum atomic E-state index is -0.342. The van der Waals surface area contributed by atoms with E-state index >= 15 is 0 Å². The van der Waals surface area contributed by atoms with Crippen LogP contribution in [-0.2, 0) is 0 Å². The van der Waals surface area contributed by atoms with E-state index in [1.54, 1.807) is 55.0 Å². The number of nitrogens with zero attached hydrogens (tertiary/aromatic N) is 1. The smallest absolute Gasteiger partial charge is 0.257 e. The largest absolute Gasteiger partial charge is 0.497 e. The van der Waals surface area contributed by atoms with E-state index in [9.17, 15) is 9.18 Å². The Morgan fingerprint density at radius 1 is 1.17 bits per heavy atom. The number of carbonyl (C=O) groups excluding carboxylic acids is 1. The van der Waals surface area contributed by atoms with Gasteiger partial charge in [-0.1, -0.05) is 12.1 Å². The summed E-state index contributed by atoms with van der Waals surface area (Å²) in [5.41, 5.74) is 1.40. The molecule has 0 saturated carbocycles. The van der Waals surface area contributed by atoms with Crippen LogP contribution in [0.4, 0.5) is 9.52 Å². The van der Waals surface area contributed by atoms with Crippen molar-refractivity contribution >= 4 is 22.4 Å². The monoisotopic (exact) mass is 328 g/mol. The summed E-state index contributed by atoms with van der Waals surface area (Å²) in [5.74, 6) is 0.0607. The van der Waals surface area contributed by atoms with Gasteiger partial charge in [0, 0.05) is 16.5 Å². The van der Waals surface area contributed by atoms with Crippen LogP contribution in [0.5, 0.6) is 5.75 Å². The molecule has 0 atom stereocenters. The van der Waals surface area contributed by atoms with Crippen molar-refractivity contribution in [2.75, 3.05) is 12.4 Å². The van der Waals surface area contributed by atoms with Crippen LogP contribution >= 0.6 is 11.3 Å². The first kappa shape index (κ1) is 15.2. The molecule has 1 N–H and O–H groups in total. The molecule has 116 valence electrons. The third-order valence-corrected chi connectivity index (χ3v) is 3.98. The number of rotatable bonds is 4. The Kier molecular flexibility index (Phi) is 4.34. The molecule has 0 aliphatic carbocycles. The van der Waals surface area contributed by atoms with Crippen LogP contribution < -0.4 is 10.1 Å². The number of benzene rings is 2. The predicted octanol–water partition coefficient (Wildman–Crippen LogP) is 4.21. The quantitative estimate of drug-likeness (QED) is 0.780. The highest BCUT2D eigenvalue weighted by Gasteiger charge is 2.12. The zero-order chi connectivity index (χ0) is 16.2. The minimum absolute atomic E-state index is 0.276. The molecule has 3 rings (SSSR count). The number of aromatic nitrogens is 1. The van der Waals surface area contributed by atoms with Crippen molar-refractivity contribution in [3.05, 3.63) is 65.3 Å². The first-order valence-corrected chi connectivity index (χ1v) is 7.71. The summed E-state index contributed by atoms with van der Waals surface area (Å²) in [6, 6.07) is 13.1. The van der Waals surface area contributed by atoms with Gasteiger partial charge in [-0.25, -0.2) is 9.37 Å². The fraction of sp³-hybridized carbons (Fsp3) is 0.0588. The van der Waals surface area contributed by atoms with Gasteiger partial charge < -0.3 is 4.74 Å². The van der Waals surface area contributed by atoms with E-state index in [4.69, 9.17) is 4.74 Å². The summed E-state index contributed by atoms with van der Waals surface area (Å²) in [7, 11) is 1.56. The average molecular weight is 328 g/mol. The SMILES string of the molecule is COc1ccc(C(=O)Nc2nc(-c3ccccc3F)cs2)cc1. The van der Waals surface area contributed by atoms with Crippen LogP contribution in [0.2, 0.25) is 0 Å². The van der Waals surface area contributed by atoms with Gasteiger partial charge in [0.2, 0.25) is 0 Å². The van der Waals surface area contributed by atoms with Gasteiger partial charge in [0.1, 0.15) is 11.6 Å². The molecule has 1 amide bonds. The van der Waals surface area contributed by atoms with E-state index in [0.717, 1.165) is 0 Å². The van der Waals surface area contributed by atoms with E-state index in [1.165, 1.54) is 17.4 Å². The maximum Gasteiger partial charge on any atom is 0.257 e. The molecular formula is C17H13FN2O2S. The Morgan fingerprint density at radius 2 is 1.91 bits per heavy atom. The molecule has 2 aromatic carbocycles. The highest BCUT2D eigenvalue weighted by molar-refractivity contribution is 7.14. The van der Waals surface area contributed by atoms with Gasteiger partial charge in [-0.15, -0.1) is 11.3 Å². The van der Waals surface area contributed by atoms with Crippen molar-refractivity contribution in [1.29, 1.82) is 0 Å². The summed E-state index contributed by atoms with van der Waals surface area (Å²) in [6.45, 7) is 0. The molecule has 1 heterocycles. The van der Waals surface area contributed by atoms with E-state index in [2.05, 4.69) is 10.3 Å². The second-order valence-corrected chi connectivity index (χ2v) is 5.56. The molecule has 4 nitrogen and oxygen atoms in total. The third-order valence-electron chi connectivity index (χ3n) is 3.23. The Labute approximate surface area is 136 Å². The number of hydrogen-bond acceptors (Lipinski definition) is 4. The van der Waals surface area contributed by atoms with Crippen molar-refractivity contribution in [2.45, 2.75) is 0 Å². The van der Waals surface area contributed by atoms with Gasteiger partial charge in [0.25, 0.3) is 5.91 Å². The van der Waals surface area contributed by atoms with Crippen molar-refractivity contribution in [3.63, 3.8) is 0 Å². The number of thiazole rings is 1. The maximum absolute atomic E-state index is 13.7. The van der Waals surface area contributed by atoms with Gasteiger partial charge >= 0.3 is 0 Å². The molecule has 0 aliphatic heterocycles. The second kappa shape index (κ2) is 6.58. The summed E-state index contributed by atoms with van der Waals surface area (Å²) in [5, 5.41) is 4.84. The first-order valence-electron chi connectivity index (χ1n) is 6.83. The summed E-state index contributed by atoms with van der Waals surface area (Å²) < 4.78 is 18.8. The molecule has 1 aromatic heterocycles. The van der Waals surface area contributed by atoms with Crippen molar-refractivity contribution in [3.8, 4) is 17.0 Å². The lowest BCUT2D eigenvalue weighted by Crippen LogP contribution is -2.11. The Morgan fingerprint density at radius 3 is 2.61 bits per heavy atom. The number of nitrogens with one attached hydrogen (secondary N) is 1. The molecule has 0 saturated heterocycles. The van der Waals surface area contributed by atoms with Crippen LogP contribution in [0.25, 0.3) is 11.3 Å². The van der Waals surface area contributed by atoms with Crippen molar-refractivity contribution in [1.82, 2.24) is 4.98 Å². The van der Waals surface area contributed by atoms with Gasteiger partial charge in [0.15, 0.2) is 5.13 Å². The number of hydrogen-bond donors (Lipinski definition) is 1. The molecule has 0 radical (unpaired) electrons. The standard InChI is InChI=1S/C17H13FN2O2S/c1-22-12-8-6-11(7-9-12)16(21)20-17-19-15(10-23-17)13-4-2-3-5-14(13)18/h2-10H,1H3,(H,19,20,21). The van der Waals surface area contributed by atoms with Gasteiger partial charge in [-0.05, 0) is 36.4 Å². The Hall–Kier alpha value is -2.73. The van der Waals surface area contributed by atoms with Crippen LogP contribution in [0.15, 0.2) is 53.9 Å². The van der Waals surface area contributed by atoms with Gasteiger partial charge in [0.05, 0.1) is 12.8 Å².